The zero-order chi connectivity index (χ0) is 19.6. The Balaban J connectivity index is 1.74. The number of hydrogen-bond acceptors (Lipinski definition) is 2. The number of benzene rings is 2. The summed E-state index contributed by atoms with van der Waals surface area (Å²) >= 11 is 0. The molecule has 150 valence electrons. The topological polar surface area (TPSA) is 33.9 Å². The van der Waals surface area contributed by atoms with E-state index in [1.807, 2.05) is 31.2 Å². The molecule has 4 heteroatoms. The van der Waals surface area contributed by atoms with Crippen LogP contribution in [0.2, 0.25) is 0 Å². The van der Waals surface area contributed by atoms with Gasteiger partial charge >= 0.3 is 0 Å². The Morgan fingerprint density at radius 2 is 1.89 bits per heavy atom. The number of piperidine rings is 1. The van der Waals surface area contributed by atoms with E-state index >= 15 is 0 Å². The van der Waals surface area contributed by atoms with E-state index in [1.54, 1.807) is 12.1 Å². The van der Waals surface area contributed by atoms with Crippen molar-refractivity contribution in [3.8, 4) is 5.75 Å². The Labute approximate surface area is 167 Å². The molecule has 0 bridgehead atoms. The van der Waals surface area contributed by atoms with Crippen LogP contribution in [0.5, 0.6) is 5.75 Å². The van der Waals surface area contributed by atoms with Crippen molar-refractivity contribution in [1.29, 1.82) is 0 Å². The minimum atomic E-state index is -0.610. The van der Waals surface area contributed by atoms with Gasteiger partial charge in [-0.15, -0.1) is 0 Å². The molecule has 3 nitrogen and oxygen atoms in total. The first-order valence-corrected chi connectivity index (χ1v) is 10.6. The Bertz CT molecular complexity index is 811. The fraction of sp³-hybridized carbons (Fsp3) is 0.500. The molecule has 0 spiro atoms. The van der Waals surface area contributed by atoms with Crippen molar-refractivity contribution in [2.75, 3.05) is 13.2 Å². The molecule has 1 heterocycles. The summed E-state index contributed by atoms with van der Waals surface area (Å²) in [6, 6.07) is 15.4. The molecule has 1 aliphatic heterocycles. The van der Waals surface area contributed by atoms with Gasteiger partial charge in [-0.05, 0) is 38.0 Å². The number of nitrogens with one attached hydrogen (secondary N) is 1. The molecule has 2 aliphatic rings. The third kappa shape index (κ3) is 3.68. The Kier molecular flexibility index (Phi) is 5.70. The van der Waals surface area contributed by atoms with Crippen molar-refractivity contribution in [1.82, 2.24) is 0 Å². The van der Waals surface area contributed by atoms with Crippen molar-refractivity contribution in [3.05, 3.63) is 65.5 Å². The van der Waals surface area contributed by atoms with E-state index < -0.39 is 5.60 Å². The standard InChI is InChI=1S/C24H30FNO2/c1-2-28-22-13-6-4-10-19(22)23-20-11-7-8-14-24(20,27)15-16-26(23)17-18-9-3-5-12-21(18)25/h3-6,9-10,12-13,20,23,27H,2,7-8,11,14-17H2,1H3/p+1/t20-,23-,24+/m1/s1. The Hall–Kier alpha value is -1.91. The molecule has 4 rings (SSSR count). The monoisotopic (exact) mass is 384 g/mol. The minimum absolute atomic E-state index is 0.112. The number of hydrogen-bond donors (Lipinski definition) is 2. The normalized spacial score (nSPS) is 29.9. The number of quaternary nitrogens is 1. The highest BCUT2D eigenvalue weighted by Gasteiger charge is 2.52. The SMILES string of the molecule is CCOc1ccccc1[C@@H]1[C@H]2CCCC[C@]2(O)CC[NH+]1Cc1ccccc1F. The highest BCUT2D eigenvalue weighted by atomic mass is 19.1. The predicted octanol–water partition coefficient (Wildman–Crippen LogP) is 3.68. The van der Waals surface area contributed by atoms with Gasteiger partial charge in [0.15, 0.2) is 0 Å². The molecular weight excluding hydrogens is 353 g/mol. The lowest BCUT2D eigenvalue weighted by Crippen LogP contribution is -3.13. The first kappa shape index (κ1) is 19.4. The van der Waals surface area contributed by atoms with Crippen LogP contribution in [0.15, 0.2) is 48.5 Å². The Morgan fingerprint density at radius 3 is 2.71 bits per heavy atom. The smallest absolute Gasteiger partial charge is 0.132 e. The van der Waals surface area contributed by atoms with Crippen LogP contribution in [0.25, 0.3) is 0 Å². The van der Waals surface area contributed by atoms with Crippen molar-refractivity contribution >= 4 is 0 Å². The van der Waals surface area contributed by atoms with Crippen LogP contribution in [0.3, 0.4) is 0 Å². The molecule has 1 unspecified atom stereocenters. The van der Waals surface area contributed by atoms with Gasteiger partial charge in [0.05, 0.1) is 24.3 Å². The van der Waals surface area contributed by atoms with Gasteiger partial charge in [0.25, 0.3) is 0 Å². The molecule has 28 heavy (non-hydrogen) atoms. The highest BCUT2D eigenvalue weighted by Crippen LogP contribution is 2.45. The first-order valence-electron chi connectivity index (χ1n) is 10.6. The zero-order valence-corrected chi connectivity index (χ0v) is 16.7. The fourth-order valence-corrected chi connectivity index (χ4v) is 5.40. The molecule has 2 aromatic carbocycles. The molecule has 2 fully saturated rings. The second-order valence-electron chi connectivity index (χ2n) is 8.33. The maximum atomic E-state index is 14.4. The molecule has 2 aromatic rings. The molecular formula is C24H31FNO2+. The van der Waals surface area contributed by atoms with Crippen LogP contribution in [0.4, 0.5) is 4.39 Å². The summed E-state index contributed by atoms with van der Waals surface area (Å²) in [4.78, 5) is 1.33. The van der Waals surface area contributed by atoms with Gasteiger partial charge in [-0.1, -0.05) is 43.2 Å². The van der Waals surface area contributed by atoms with Gasteiger partial charge in [-0.25, -0.2) is 4.39 Å². The second-order valence-corrected chi connectivity index (χ2v) is 8.33. The molecule has 4 atom stereocenters. The van der Waals surface area contributed by atoms with Crippen LogP contribution in [-0.4, -0.2) is 23.9 Å². The largest absolute Gasteiger partial charge is 0.493 e. The molecule has 2 N–H and O–H groups in total. The van der Waals surface area contributed by atoms with E-state index in [2.05, 4.69) is 12.1 Å². The lowest BCUT2D eigenvalue weighted by molar-refractivity contribution is -0.958. The number of para-hydroxylation sites is 1. The van der Waals surface area contributed by atoms with Crippen molar-refractivity contribution in [2.24, 2.45) is 5.92 Å². The van der Waals surface area contributed by atoms with Gasteiger partial charge in [-0.3, -0.25) is 0 Å². The summed E-state index contributed by atoms with van der Waals surface area (Å²) in [5.74, 6) is 0.936. The van der Waals surface area contributed by atoms with Crippen LogP contribution in [0.1, 0.15) is 56.2 Å². The number of ether oxygens (including phenoxy) is 1. The van der Waals surface area contributed by atoms with Crippen molar-refractivity contribution < 1.29 is 19.1 Å². The molecule has 0 radical (unpaired) electrons. The first-order chi connectivity index (χ1) is 13.6. The van der Waals surface area contributed by atoms with Gasteiger partial charge in [0.2, 0.25) is 0 Å². The summed E-state index contributed by atoms with van der Waals surface area (Å²) in [5, 5.41) is 11.5. The lowest BCUT2D eigenvalue weighted by Gasteiger charge is -2.50. The van der Waals surface area contributed by atoms with Gasteiger partial charge < -0.3 is 14.7 Å². The van der Waals surface area contributed by atoms with Gasteiger partial charge in [0, 0.05) is 17.9 Å². The van der Waals surface area contributed by atoms with Gasteiger partial charge in [0.1, 0.15) is 24.2 Å². The molecule has 1 saturated heterocycles. The predicted molar refractivity (Wildman–Crippen MR) is 108 cm³/mol. The minimum Gasteiger partial charge on any atom is -0.493 e. The summed E-state index contributed by atoms with van der Waals surface area (Å²) in [6.45, 7) is 4.08. The molecule has 1 saturated carbocycles. The molecule has 1 aliphatic carbocycles. The van der Waals surface area contributed by atoms with Crippen LogP contribution in [-0.2, 0) is 6.54 Å². The second kappa shape index (κ2) is 8.22. The molecule has 0 aromatic heterocycles. The van der Waals surface area contributed by atoms with E-state index in [-0.39, 0.29) is 17.8 Å². The number of likely N-dealkylation sites (tertiary alicyclic amines) is 1. The summed E-state index contributed by atoms with van der Waals surface area (Å²) < 4.78 is 20.4. The number of aliphatic hydroxyl groups is 1. The zero-order valence-electron chi connectivity index (χ0n) is 16.7. The Morgan fingerprint density at radius 1 is 1.11 bits per heavy atom. The average Bonchev–Trinajstić information content (AvgIpc) is 2.70. The van der Waals surface area contributed by atoms with Crippen molar-refractivity contribution in [3.63, 3.8) is 0 Å². The van der Waals surface area contributed by atoms with Crippen LogP contribution < -0.4 is 9.64 Å². The van der Waals surface area contributed by atoms with Crippen LogP contribution in [0, 0.1) is 11.7 Å². The summed E-state index contributed by atoms with van der Waals surface area (Å²) in [6.07, 6.45) is 4.91. The average molecular weight is 385 g/mol. The van der Waals surface area contributed by atoms with E-state index in [0.29, 0.717) is 13.2 Å². The van der Waals surface area contributed by atoms with E-state index in [0.717, 1.165) is 55.5 Å². The van der Waals surface area contributed by atoms with Gasteiger partial charge in [-0.2, -0.15) is 0 Å². The third-order valence-electron chi connectivity index (χ3n) is 6.72. The lowest BCUT2D eigenvalue weighted by atomic mass is 9.66. The van der Waals surface area contributed by atoms with Crippen molar-refractivity contribution in [2.45, 2.75) is 57.2 Å². The maximum absolute atomic E-state index is 14.4. The van der Waals surface area contributed by atoms with E-state index in [4.69, 9.17) is 4.74 Å². The van der Waals surface area contributed by atoms with E-state index in [9.17, 15) is 9.50 Å². The molecule has 0 amide bonds. The number of fused-ring (bicyclic) bond motifs is 1. The quantitative estimate of drug-likeness (QED) is 0.825. The number of rotatable bonds is 5. The summed E-state index contributed by atoms with van der Waals surface area (Å²) in [7, 11) is 0. The van der Waals surface area contributed by atoms with Crippen LogP contribution >= 0.6 is 0 Å². The number of halogens is 1. The maximum Gasteiger partial charge on any atom is 0.132 e. The fourth-order valence-electron chi connectivity index (χ4n) is 5.40. The third-order valence-corrected chi connectivity index (χ3v) is 6.72. The summed E-state index contributed by atoms with van der Waals surface area (Å²) in [5.41, 5.74) is 1.29. The highest BCUT2D eigenvalue weighted by molar-refractivity contribution is 5.36. The van der Waals surface area contributed by atoms with E-state index in [1.165, 1.54) is 4.90 Å².